The van der Waals surface area contributed by atoms with Gasteiger partial charge in [-0.05, 0) is 27.7 Å². The van der Waals surface area contributed by atoms with Crippen LogP contribution in [0.2, 0.25) is 0 Å². The van der Waals surface area contributed by atoms with Crippen LogP contribution in [0.3, 0.4) is 0 Å². The molecule has 1 atom stereocenters. The number of nitrogens with one attached hydrogen (secondary N) is 1. The maximum atomic E-state index is 9.57. The molecule has 0 aromatic carbocycles. The smallest absolute Gasteiger partial charge is 0.0826 e. The third kappa shape index (κ3) is 5.25. The fourth-order valence-electron chi connectivity index (χ4n) is 1.87. The third-order valence-electron chi connectivity index (χ3n) is 2.83. The molecule has 0 aliphatic carbocycles. The Kier molecular flexibility index (Phi) is 5.18. The molecule has 1 aliphatic rings. The molecule has 4 nitrogen and oxygen atoms in total. The Morgan fingerprint density at radius 1 is 1.50 bits per heavy atom. The van der Waals surface area contributed by atoms with Gasteiger partial charge in [0.25, 0.3) is 0 Å². The number of morpholine rings is 1. The highest BCUT2D eigenvalue weighted by Crippen LogP contribution is 2.08. The number of rotatable bonds is 5. The van der Waals surface area contributed by atoms with Gasteiger partial charge in [0, 0.05) is 32.2 Å². The van der Waals surface area contributed by atoms with Crippen LogP contribution in [0.25, 0.3) is 0 Å². The molecule has 1 heterocycles. The summed E-state index contributed by atoms with van der Waals surface area (Å²) in [6.45, 7) is 12.3. The molecule has 96 valence electrons. The lowest BCUT2D eigenvalue weighted by molar-refractivity contribution is -0.0391. The van der Waals surface area contributed by atoms with Crippen LogP contribution in [-0.4, -0.2) is 60.5 Å². The summed E-state index contributed by atoms with van der Waals surface area (Å²) in [5.41, 5.74) is -0.646. The number of hydrogen-bond acceptors (Lipinski definition) is 4. The fourth-order valence-corrected chi connectivity index (χ4v) is 1.87. The van der Waals surface area contributed by atoms with Crippen molar-refractivity contribution in [2.45, 2.75) is 45.4 Å². The summed E-state index contributed by atoms with van der Waals surface area (Å²) < 4.78 is 5.69. The van der Waals surface area contributed by atoms with Gasteiger partial charge in [-0.25, -0.2) is 0 Å². The zero-order chi connectivity index (χ0) is 12.2. The molecule has 0 aromatic heterocycles. The van der Waals surface area contributed by atoms with E-state index in [1.807, 2.05) is 13.8 Å². The summed E-state index contributed by atoms with van der Waals surface area (Å²) in [6.07, 6.45) is 0.249. The molecule has 1 rings (SSSR count). The second kappa shape index (κ2) is 5.96. The van der Waals surface area contributed by atoms with Gasteiger partial charge in [-0.15, -0.1) is 0 Å². The Labute approximate surface area is 99.0 Å². The Morgan fingerprint density at radius 3 is 2.75 bits per heavy atom. The Hall–Kier alpha value is -0.160. The predicted octanol–water partition coefficient (Wildman–Crippen LogP) is 0.456. The first-order valence-electron chi connectivity index (χ1n) is 6.17. The number of ether oxygens (including phenoxy) is 1. The lowest BCUT2D eigenvalue weighted by atomic mass is 10.1. The van der Waals surface area contributed by atoms with E-state index < -0.39 is 5.60 Å². The standard InChI is InChI=1S/C12H26N2O2/c1-10(2)14-5-6-16-11(8-14)7-13-9-12(3,4)15/h10-11,13,15H,5-9H2,1-4H3. The average molecular weight is 230 g/mol. The van der Waals surface area contributed by atoms with Gasteiger partial charge in [-0.1, -0.05) is 0 Å². The zero-order valence-electron chi connectivity index (χ0n) is 11.0. The lowest BCUT2D eigenvalue weighted by Gasteiger charge is -2.35. The predicted molar refractivity (Wildman–Crippen MR) is 65.6 cm³/mol. The van der Waals surface area contributed by atoms with E-state index in [9.17, 15) is 5.11 Å². The van der Waals surface area contributed by atoms with E-state index in [1.54, 1.807) is 0 Å². The molecule has 0 spiro atoms. The maximum Gasteiger partial charge on any atom is 0.0826 e. The molecule has 1 saturated heterocycles. The Bertz CT molecular complexity index is 202. The number of aliphatic hydroxyl groups is 1. The van der Waals surface area contributed by atoms with E-state index >= 15 is 0 Å². The SMILES string of the molecule is CC(C)N1CCOC(CNCC(C)(C)O)C1. The number of nitrogens with zero attached hydrogens (tertiary/aromatic N) is 1. The Balaban J connectivity index is 2.22. The Morgan fingerprint density at radius 2 is 2.19 bits per heavy atom. The van der Waals surface area contributed by atoms with Gasteiger partial charge < -0.3 is 15.2 Å². The second-order valence-corrected chi connectivity index (χ2v) is 5.52. The van der Waals surface area contributed by atoms with Crippen LogP contribution >= 0.6 is 0 Å². The minimum atomic E-state index is -0.646. The highest BCUT2D eigenvalue weighted by atomic mass is 16.5. The van der Waals surface area contributed by atoms with Crippen molar-refractivity contribution in [3.63, 3.8) is 0 Å². The first-order chi connectivity index (χ1) is 7.38. The first kappa shape index (κ1) is 13.9. The third-order valence-corrected chi connectivity index (χ3v) is 2.83. The van der Waals surface area contributed by atoms with Crippen LogP contribution in [-0.2, 0) is 4.74 Å². The minimum Gasteiger partial charge on any atom is -0.389 e. The molecule has 0 bridgehead atoms. The maximum absolute atomic E-state index is 9.57. The van der Waals surface area contributed by atoms with Gasteiger partial charge in [0.05, 0.1) is 18.3 Å². The normalized spacial score (nSPS) is 24.0. The van der Waals surface area contributed by atoms with E-state index in [-0.39, 0.29) is 6.10 Å². The van der Waals surface area contributed by atoms with Crippen molar-refractivity contribution in [3.8, 4) is 0 Å². The lowest BCUT2D eigenvalue weighted by Crippen LogP contribution is -2.50. The topological polar surface area (TPSA) is 44.7 Å². The summed E-state index contributed by atoms with van der Waals surface area (Å²) in [5.74, 6) is 0. The number of hydrogen-bond donors (Lipinski definition) is 2. The van der Waals surface area contributed by atoms with Gasteiger partial charge in [0.1, 0.15) is 0 Å². The van der Waals surface area contributed by atoms with Crippen molar-refractivity contribution in [1.82, 2.24) is 10.2 Å². The largest absolute Gasteiger partial charge is 0.389 e. The molecule has 16 heavy (non-hydrogen) atoms. The van der Waals surface area contributed by atoms with Crippen LogP contribution in [0.4, 0.5) is 0 Å². The van der Waals surface area contributed by atoms with Gasteiger partial charge in [-0.3, -0.25) is 4.90 Å². The van der Waals surface area contributed by atoms with E-state index in [4.69, 9.17) is 4.74 Å². The molecule has 0 radical (unpaired) electrons. The van der Waals surface area contributed by atoms with Crippen molar-refractivity contribution in [3.05, 3.63) is 0 Å². The molecule has 1 fully saturated rings. The molecule has 1 aliphatic heterocycles. The van der Waals surface area contributed by atoms with Crippen molar-refractivity contribution >= 4 is 0 Å². The van der Waals surface area contributed by atoms with Gasteiger partial charge in [0.15, 0.2) is 0 Å². The van der Waals surface area contributed by atoms with Crippen LogP contribution < -0.4 is 5.32 Å². The van der Waals surface area contributed by atoms with Crippen LogP contribution in [0.15, 0.2) is 0 Å². The molecule has 1 unspecified atom stereocenters. The summed E-state index contributed by atoms with van der Waals surface area (Å²) in [4.78, 5) is 2.43. The van der Waals surface area contributed by atoms with Crippen molar-refractivity contribution in [2.75, 3.05) is 32.8 Å². The van der Waals surface area contributed by atoms with Crippen LogP contribution in [0, 0.1) is 0 Å². The van der Waals surface area contributed by atoms with Crippen LogP contribution in [0.5, 0.6) is 0 Å². The highest BCUT2D eigenvalue weighted by molar-refractivity contribution is 4.77. The van der Waals surface area contributed by atoms with E-state index in [0.29, 0.717) is 12.6 Å². The summed E-state index contributed by atoms with van der Waals surface area (Å²) >= 11 is 0. The van der Waals surface area contributed by atoms with Crippen molar-refractivity contribution < 1.29 is 9.84 Å². The molecule has 0 saturated carbocycles. The molecular formula is C12H26N2O2. The quantitative estimate of drug-likeness (QED) is 0.720. The van der Waals surface area contributed by atoms with Gasteiger partial charge >= 0.3 is 0 Å². The van der Waals surface area contributed by atoms with Crippen molar-refractivity contribution in [1.29, 1.82) is 0 Å². The monoisotopic (exact) mass is 230 g/mol. The minimum absolute atomic E-state index is 0.249. The molecule has 2 N–H and O–H groups in total. The molecular weight excluding hydrogens is 204 g/mol. The fraction of sp³-hybridized carbons (Fsp3) is 1.00. The molecule has 0 aromatic rings. The first-order valence-corrected chi connectivity index (χ1v) is 6.17. The average Bonchev–Trinajstić information content (AvgIpc) is 2.16. The van der Waals surface area contributed by atoms with Crippen molar-refractivity contribution in [2.24, 2.45) is 0 Å². The highest BCUT2D eigenvalue weighted by Gasteiger charge is 2.22. The van der Waals surface area contributed by atoms with Gasteiger partial charge in [0.2, 0.25) is 0 Å². The van der Waals surface area contributed by atoms with E-state index in [0.717, 1.165) is 26.2 Å². The van der Waals surface area contributed by atoms with E-state index in [2.05, 4.69) is 24.1 Å². The summed E-state index contributed by atoms with van der Waals surface area (Å²) in [7, 11) is 0. The zero-order valence-corrected chi connectivity index (χ0v) is 11.0. The van der Waals surface area contributed by atoms with Crippen LogP contribution in [0.1, 0.15) is 27.7 Å². The summed E-state index contributed by atoms with van der Waals surface area (Å²) in [6, 6.07) is 0.584. The molecule has 4 heteroatoms. The van der Waals surface area contributed by atoms with E-state index in [1.165, 1.54) is 0 Å². The molecule has 0 amide bonds. The summed E-state index contributed by atoms with van der Waals surface area (Å²) in [5, 5.41) is 12.8. The van der Waals surface area contributed by atoms with Gasteiger partial charge in [-0.2, -0.15) is 0 Å². The second-order valence-electron chi connectivity index (χ2n) is 5.52.